The molecule has 8 nitrogen and oxygen atoms in total. The topological polar surface area (TPSA) is 115 Å². The second kappa shape index (κ2) is 26.1. The van der Waals surface area contributed by atoms with Gasteiger partial charge in [0.05, 0.1) is 13.7 Å². The number of Topliss-reactive ketones (excluding diaryl/α,β-unsaturated/α-hetero) is 1. The number of ketones is 1. The van der Waals surface area contributed by atoms with E-state index in [4.69, 9.17) is 9.15 Å². The van der Waals surface area contributed by atoms with E-state index in [9.17, 15) is 19.5 Å². The van der Waals surface area contributed by atoms with Gasteiger partial charge in [-0.2, -0.15) is 0 Å². The Kier molecular flexibility index (Phi) is 26.9. The molecule has 0 bridgehead atoms. The Morgan fingerprint density at radius 1 is 1.10 bits per heavy atom. The largest absolute Gasteiger partial charge is 0.507 e. The Morgan fingerprint density at radius 3 is 2.12 bits per heavy atom. The van der Waals surface area contributed by atoms with Gasteiger partial charge >= 0.3 is 11.7 Å². The molecule has 0 fully saturated rings. The van der Waals surface area contributed by atoms with Gasteiger partial charge in [-0.25, -0.2) is 9.59 Å². The lowest BCUT2D eigenvalue weighted by Crippen LogP contribution is -2.19. The molecule has 0 saturated carbocycles. The number of nitrogens with one attached hydrogen (secondary N) is 1. The molecule has 2 rings (SSSR count). The van der Waals surface area contributed by atoms with Gasteiger partial charge in [0.25, 0.3) is 0 Å². The first kappa shape index (κ1) is 41.3. The molecule has 1 amide bonds. The van der Waals surface area contributed by atoms with Crippen LogP contribution in [0.15, 0.2) is 52.8 Å². The zero-order valence-corrected chi connectivity index (χ0v) is 26.9. The van der Waals surface area contributed by atoms with Crippen molar-refractivity contribution in [3.8, 4) is 5.75 Å². The molecule has 40 heavy (non-hydrogen) atoms. The van der Waals surface area contributed by atoms with Crippen molar-refractivity contribution in [2.45, 2.75) is 87.2 Å². The van der Waals surface area contributed by atoms with E-state index in [1.807, 2.05) is 46.0 Å². The van der Waals surface area contributed by atoms with Crippen molar-refractivity contribution in [1.29, 1.82) is 0 Å². The predicted octanol–water partition coefficient (Wildman–Crippen LogP) is 8.25. The van der Waals surface area contributed by atoms with Crippen LogP contribution in [-0.2, 0) is 22.5 Å². The van der Waals surface area contributed by atoms with E-state index in [0.717, 1.165) is 13.0 Å². The maximum Gasteiger partial charge on any atom is 0.410 e. The summed E-state index contributed by atoms with van der Waals surface area (Å²) in [5, 5.41) is 12.4. The summed E-state index contributed by atoms with van der Waals surface area (Å²) in [5.41, 5.74) is -1.12. The molecule has 0 spiro atoms. The number of allylic oxidation sites excluding steroid dienone is 1. The van der Waals surface area contributed by atoms with E-state index in [2.05, 4.69) is 42.3 Å². The lowest BCUT2D eigenvalue weighted by Gasteiger charge is -2.11. The van der Waals surface area contributed by atoms with Crippen LogP contribution in [0.2, 0.25) is 0 Å². The lowest BCUT2D eigenvalue weighted by molar-refractivity contribution is 0.0931. The van der Waals surface area contributed by atoms with E-state index < -0.39 is 23.4 Å². The molecular weight excluding hydrogens is 530 g/mol. The highest BCUT2D eigenvalue weighted by Crippen LogP contribution is 2.25. The first-order valence-electron chi connectivity index (χ1n) is 13.6. The zero-order chi connectivity index (χ0) is 31.7. The summed E-state index contributed by atoms with van der Waals surface area (Å²) >= 11 is 1.83. The molecule has 0 aliphatic rings. The number of aryl methyl sites for hydroxylation is 1. The number of carbonyl (C=O) groups is 2. The maximum atomic E-state index is 12.0. The summed E-state index contributed by atoms with van der Waals surface area (Å²) in [6.45, 7) is 22.1. The Balaban J connectivity index is -0.000000708. The molecular formula is C31H51NO7S. The van der Waals surface area contributed by atoms with Crippen LogP contribution in [0.1, 0.15) is 100 Å². The van der Waals surface area contributed by atoms with E-state index in [1.54, 1.807) is 27.0 Å². The number of amides is 1. The van der Waals surface area contributed by atoms with Gasteiger partial charge < -0.3 is 19.0 Å². The van der Waals surface area contributed by atoms with Crippen molar-refractivity contribution in [1.82, 2.24) is 5.32 Å². The number of carbonyl (C=O) groups excluding carboxylic acids is 2. The SMILES string of the molecule is C=C.CC.CC.CCc1ccc(COC)s1.COC(=O)N/C=C/CCC(C)c1cc(O)c(C(=O)C(C)C)c(=O)o1. The molecule has 1 unspecified atom stereocenters. The van der Waals surface area contributed by atoms with Crippen molar-refractivity contribution in [2.75, 3.05) is 14.2 Å². The Morgan fingerprint density at radius 2 is 1.68 bits per heavy atom. The van der Waals surface area contributed by atoms with Gasteiger partial charge in [-0.3, -0.25) is 10.1 Å². The van der Waals surface area contributed by atoms with Gasteiger partial charge in [-0.1, -0.05) is 61.5 Å². The molecule has 0 aromatic carbocycles. The number of alkyl carbamates (subject to hydrolysis) is 1. The second-order valence-corrected chi connectivity index (χ2v) is 9.14. The second-order valence-electron chi connectivity index (χ2n) is 7.89. The summed E-state index contributed by atoms with van der Waals surface area (Å²) in [6.07, 6.45) is 5.02. The fraction of sp³-hybridized carbons (Fsp3) is 0.516. The first-order valence-corrected chi connectivity index (χ1v) is 14.4. The number of hydrogen-bond acceptors (Lipinski definition) is 8. The van der Waals surface area contributed by atoms with Crippen LogP contribution >= 0.6 is 11.3 Å². The summed E-state index contributed by atoms with van der Waals surface area (Å²) in [5.74, 6) is -1.04. The minimum atomic E-state index is -0.821. The van der Waals surface area contributed by atoms with Gasteiger partial charge in [0, 0.05) is 41.0 Å². The van der Waals surface area contributed by atoms with Crippen molar-refractivity contribution < 1.29 is 28.6 Å². The number of methoxy groups -OCH3 is 2. The first-order chi connectivity index (χ1) is 19.1. The Labute approximate surface area is 245 Å². The molecule has 0 aliphatic carbocycles. The zero-order valence-electron chi connectivity index (χ0n) is 26.1. The van der Waals surface area contributed by atoms with E-state index >= 15 is 0 Å². The number of hydrogen-bond donors (Lipinski definition) is 2. The molecule has 2 N–H and O–H groups in total. The molecule has 228 valence electrons. The number of aromatic hydroxyl groups is 1. The van der Waals surface area contributed by atoms with Crippen LogP contribution in [0.4, 0.5) is 4.79 Å². The molecule has 0 radical (unpaired) electrons. The quantitative estimate of drug-likeness (QED) is 0.214. The van der Waals surface area contributed by atoms with Gasteiger partial charge in [0.15, 0.2) is 5.78 Å². The number of ether oxygens (including phenoxy) is 2. The highest BCUT2D eigenvalue weighted by molar-refractivity contribution is 7.11. The molecule has 1 atom stereocenters. The third-order valence-corrected chi connectivity index (χ3v) is 6.03. The third kappa shape index (κ3) is 16.7. The lowest BCUT2D eigenvalue weighted by atomic mass is 9.99. The summed E-state index contributed by atoms with van der Waals surface area (Å²) in [4.78, 5) is 37.5. The molecule has 9 heteroatoms. The fourth-order valence-corrected chi connectivity index (χ4v) is 3.78. The van der Waals surface area contributed by atoms with Crippen LogP contribution < -0.4 is 10.9 Å². The summed E-state index contributed by atoms with van der Waals surface area (Å²) in [7, 11) is 3.00. The molecule has 2 aromatic heterocycles. The smallest absolute Gasteiger partial charge is 0.410 e. The molecule has 0 saturated heterocycles. The molecule has 2 heterocycles. The average Bonchev–Trinajstić information content (AvgIpc) is 3.43. The van der Waals surface area contributed by atoms with Gasteiger partial charge in [-0.15, -0.1) is 24.5 Å². The molecule has 2 aromatic rings. The van der Waals surface area contributed by atoms with Crippen molar-refractivity contribution >= 4 is 23.2 Å². The van der Waals surface area contributed by atoms with E-state index in [-0.39, 0.29) is 17.2 Å². The highest BCUT2D eigenvalue weighted by atomic mass is 32.1. The van der Waals surface area contributed by atoms with Crippen molar-refractivity contribution in [3.05, 3.63) is 75.1 Å². The van der Waals surface area contributed by atoms with Gasteiger partial charge in [0.1, 0.15) is 17.1 Å². The monoisotopic (exact) mass is 581 g/mol. The minimum Gasteiger partial charge on any atom is -0.507 e. The standard InChI is InChI=1S/C17H23NO6.C8H12OS.2C2H6.C2H4/c1-10(2)15(20)14-12(19)9-13(24-16(14)21)11(3)7-5-6-8-18-17(22)23-4;1-3-7-4-5-8(10-7)6-9-2;3*1-2/h6,8-11,19H,5,7H2,1-4H3,(H,18,22);4-5H,3,6H2,1-2H3;2*1-2H3;1-2H2/b8-6+;;;;. The average molecular weight is 582 g/mol. The van der Waals surface area contributed by atoms with Crippen molar-refractivity contribution in [2.24, 2.45) is 5.92 Å². The van der Waals surface area contributed by atoms with Crippen LogP contribution in [0.3, 0.4) is 0 Å². The van der Waals surface area contributed by atoms with Crippen LogP contribution in [-0.4, -0.2) is 31.2 Å². The maximum absolute atomic E-state index is 12.0. The van der Waals surface area contributed by atoms with Crippen LogP contribution in [0, 0.1) is 5.92 Å². The fourth-order valence-electron chi connectivity index (χ4n) is 2.85. The van der Waals surface area contributed by atoms with Crippen LogP contribution in [0.5, 0.6) is 5.75 Å². The van der Waals surface area contributed by atoms with Gasteiger partial charge in [0.2, 0.25) is 0 Å². The normalized spacial score (nSPS) is 10.4. The number of rotatable bonds is 10. The van der Waals surface area contributed by atoms with E-state index in [0.29, 0.717) is 18.6 Å². The van der Waals surface area contributed by atoms with Crippen LogP contribution in [0.25, 0.3) is 0 Å². The third-order valence-electron chi connectivity index (χ3n) is 4.83. The summed E-state index contributed by atoms with van der Waals surface area (Å²) in [6, 6.07) is 5.62. The predicted molar refractivity (Wildman–Crippen MR) is 167 cm³/mol. The molecule has 0 aliphatic heterocycles. The highest BCUT2D eigenvalue weighted by Gasteiger charge is 2.22. The van der Waals surface area contributed by atoms with E-state index in [1.165, 1.54) is 29.1 Å². The summed E-state index contributed by atoms with van der Waals surface area (Å²) < 4.78 is 14.6. The van der Waals surface area contributed by atoms with Crippen molar-refractivity contribution in [3.63, 3.8) is 0 Å². The van der Waals surface area contributed by atoms with Gasteiger partial charge in [-0.05, 0) is 31.4 Å². The Hall–Kier alpha value is -3.17. The number of thiophene rings is 1. The Bertz CT molecular complexity index is 1020. The minimum absolute atomic E-state index is 0.144.